The molecule has 0 saturated carbocycles. The monoisotopic (exact) mass is 113 g/mol. The van der Waals surface area contributed by atoms with Crippen LogP contribution in [0.4, 0.5) is 0 Å². The van der Waals surface area contributed by atoms with E-state index < -0.39 is 0 Å². The van der Waals surface area contributed by atoms with E-state index in [1.807, 2.05) is 6.92 Å². The van der Waals surface area contributed by atoms with Gasteiger partial charge in [0.2, 0.25) is 0 Å². The zero-order valence-electron chi connectivity index (χ0n) is 5.02. The number of nitrogens with zero attached hydrogens (tertiary/aromatic N) is 1. The SMILES string of the molecule is C=N/C=C(/C)NCN. The summed E-state index contributed by atoms with van der Waals surface area (Å²) in [5.74, 6) is 0. The van der Waals surface area contributed by atoms with Gasteiger partial charge in [-0.3, -0.25) is 4.99 Å². The van der Waals surface area contributed by atoms with Crippen LogP contribution >= 0.6 is 0 Å². The standard InChI is InChI=1S/C5H11N3/c1-5(3-7-2)8-4-6/h3,8H,2,4,6H2,1H3/b5-3-. The molecule has 0 atom stereocenters. The fourth-order valence-corrected chi connectivity index (χ4v) is 0.344. The van der Waals surface area contributed by atoms with Crippen molar-refractivity contribution in [1.82, 2.24) is 5.32 Å². The molecule has 0 rings (SSSR count). The van der Waals surface area contributed by atoms with Crippen molar-refractivity contribution in [3.8, 4) is 0 Å². The minimum atomic E-state index is 0.442. The molecule has 3 N–H and O–H groups in total. The van der Waals surface area contributed by atoms with Crippen LogP contribution in [-0.4, -0.2) is 13.4 Å². The summed E-state index contributed by atoms with van der Waals surface area (Å²) in [5.41, 5.74) is 6.08. The van der Waals surface area contributed by atoms with E-state index in [4.69, 9.17) is 5.73 Å². The smallest absolute Gasteiger partial charge is 0.0625 e. The third kappa shape index (κ3) is 3.36. The van der Waals surface area contributed by atoms with Gasteiger partial charge in [-0.05, 0) is 13.6 Å². The van der Waals surface area contributed by atoms with Gasteiger partial charge in [0, 0.05) is 11.9 Å². The fraction of sp³-hybridized carbons (Fsp3) is 0.400. The molecule has 0 spiro atoms. The lowest BCUT2D eigenvalue weighted by Crippen LogP contribution is -2.19. The highest BCUT2D eigenvalue weighted by atomic mass is 15.0. The summed E-state index contributed by atoms with van der Waals surface area (Å²) in [5, 5.41) is 2.85. The van der Waals surface area contributed by atoms with Crippen molar-refractivity contribution >= 4 is 6.72 Å². The normalized spacial score (nSPS) is 11.0. The minimum absolute atomic E-state index is 0.442. The van der Waals surface area contributed by atoms with Crippen LogP contribution in [0.3, 0.4) is 0 Å². The van der Waals surface area contributed by atoms with Crippen LogP contribution in [0.2, 0.25) is 0 Å². The minimum Gasteiger partial charge on any atom is -0.375 e. The topological polar surface area (TPSA) is 50.4 Å². The number of allylic oxidation sites excluding steroid dienone is 1. The summed E-state index contributed by atoms with van der Waals surface area (Å²) >= 11 is 0. The molecule has 0 saturated heterocycles. The molecule has 3 heteroatoms. The first-order chi connectivity index (χ1) is 3.81. The molecule has 0 aliphatic carbocycles. The molecule has 0 aromatic rings. The second kappa shape index (κ2) is 4.33. The Morgan fingerprint density at radius 3 is 3.00 bits per heavy atom. The first-order valence-electron chi connectivity index (χ1n) is 2.37. The lowest BCUT2D eigenvalue weighted by Gasteiger charge is -1.97. The summed E-state index contributed by atoms with van der Waals surface area (Å²) < 4.78 is 0. The molecule has 0 aromatic carbocycles. The molecule has 0 fully saturated rings. The Morgan fingerprint density at radius 2 is 2.62 bits per heavy atom. The Hall–Kier alpha value is -0.830. The third-order valence-corrected chi connectivity index (χ3v) is 0.666. The second-order valence-electron chi connectivity index (χ2n) is 1.38. The number of nitrogens with two attached hydrogens (primary N) is 1. The Bertz CT molecular complexity index is 95.8. The summed E-state index contributed by atoms with van der Waals surface area (Å²) in [4.78, 5) is 3.52. The van der Waals surface area contributed by atoms with Gasteiger partial charge in [-0.1, -0.05) is 0 Å². The molecular formula is C5H11N3. The van der Waals surface area contributed by atoms with Gasteiger partial charge < -0.3 is 11.1 Å². The first-order valence-corrected chi connectivity index (χ1v) is 2.37. The zero-order chi connectivity index (χ0) is 6.41. The van der Waals surface area contributed by atoms with Gasteiger partial charge >= 0.3 is 0 Å². The largest absolute Gasteiger partial charge is 0.375 e. The van der Waals surface area contributed by atoms with E-state index in [2.05, 4.69) is 17.0 Å². The summed E-state index contributed by atoms with van der Waals surface area (Å²) in [6.45, 7) is 5.59. The van der Waals surface area contributed by atoms with Crippen LogP contribution in [0.15, 0.2) is 16.9 Å². The highest BCUT2D eigenvalue weighted by Crippen LogP contribution is 1.81. The Labute approximate surface area is 49.3 Å². The van der Waals surface area contributed by atoms with Crippen LogP contribution in [0.5, 0.6) is 0 Å². The molecule has 0 amide bonds. The summed E-state index contributed by atoms with van der Waals surface area (Å²) in [6, 6.07) is 0. The lowest BCUT2D eigenvalue weighted by atomic mass is 10.5. The van der Waals surface area contributed by atoms with E-state index >= 15 is 0 Å². The van der Waals surface area contributed by atoms with E-state index in [1.165, 1.54) is 0 Å². The van der Waals surface area contributed by atoms with Crippen molar-refractivity contribution in [3.05, 3.63) is 11.9 Å². The molecule has 46 valence electrons. The fourth-order valence-electron chi connectivity index (χ4n) is 0.344. The maximum atomic E-state index is 5.15. The van der Waals surface area contributed by atoms with Gasteiger partial charge in [0.25, 0.3) is 0 Å². The average molecular weight is 113 g/mol. The Kier molecular flexibility index (Phi) is 3.88. The van der Waals surface area contributed by atoms with Gasteiger partial charge in [0.15, 0.2) is 0 Å². The van der Waals surface area contributed by atoms with E-state index in [-0.39, 0.29) is 0 Å². The van der Waals surface area contributed by atoms with Crippen molar-refractivity contribution in [2.45, 2.75) is 6.92 Å². The van der Waals surface area contributed by atoms with Gasteiger partial charge in [-0.15, -0.1) is 0 Å². The molecule has 0 aromatic heterocycles. The highest BCUT2D eigenvalue weighted by Gasteiger charge is 1.77. The number of hydrogen-bond donors (Lipinski definition) is 2. The maximum absolute atomic E-state index is 5.15. The molecule has 0 heterocycles. The van der Waals surface area contributed by atoms with Gasteiger partial charge in [0.1, 0.15) is 0 Å². The number of aliphatic imine (C=N–C) groups is 1. The van der Waals surface area contributed by atoms with E-state index in [0.717, 1.165) is 5.70 Å². The molecule has 0 unspecified atom stereocenters. The van der Waals surface area contributed by atoms with E-state index in [0.29, 0.717) is 6.67 Å². The Morgan fingerprint density at radius 1 is 2.00 bits per heavy atom. The van der Waals surface area contributed by atoms with Crippen molar-refractivity contribution in [2.75, 3.05) is 6.67 Å². The van der Waals surface area contributed by atoms with Crippen molar-refractivity contribution < 1.29 is 0 Å². The quantitative estimate of drug-likeness (QED) is 0.401. The number of hydrogen-bond acceptors (Lipinski definition) is 3. The van der Waals surface area contributed by atoms with Crippen molar-refractivity contribution in [3.63, 3.8) is 0 Å². The van der Waals surface area contributed by atoms with Crippen LogP contribution in [0.25, 0.3) is 0 Å². The third-order valence-electron chi connectivity index (χ3n) is 0.666. The highest BCUT2D eigenvalue weighted by molar-refractivity contribution is 5.26. The van der Waals surface area contributed by atoms with E-state index in [1.54, 1.807) is 6.20 Å². The zero-order valence-corrected chi connectivity index (χ0v) is 5.02. The molecule has 0 aliphatic heterocycles. The maximum Gasteiger partial charge on any atom is 0.0625 e. The Balaban J connectivity index is 3.44. The lowest BCUT2D eigenvalue weighted by molar-refractivity contribution is 0.823. The van der Waals surface area contributed by atoms with Crippen LogP contribution in [0.1, 0.15) is 6.92 Å². The predicted octanol–water partition coefficient (Wildman–Crippen LogP) is 0.0541. The molecule has 3 nitrogen and oxygen atoms in total. The van der Waals surface area contributed by atoms with Crippen molar-refractivity contribution in [2.24, 2.45) is 10.7 Å². The summed E-state index contributed by atoms with van der Waals surface area (Å²) in [7, 11) is 0. The number of nitrogens with one attached hydrogen (secondary N) is 1. The first kappa shape index (κ1) is 7.17. The molecular weight excluding hydrogens is 102 g/mol. The summed E-state index contributed by atoms with van der Waals surface area (Å²) in [6.07, 6.45) is 1.62. The molecule has 0 bridgehead atoms. The van der Waals surface area contributed by atoms with Crippen LogP contribution < -0.4 is 11.1 Å². The average Bonchev–Trinajstić information content (AvgIpc) is 1.68. The van der Waals surface area contributed by atoms with Crippen LogP contribution in [-0.2, 0) is 0 Å². The van der Waals surface area contributed by atoms with Gasteiger partial charge in [0.05, 0.1) is 6.67 Å². The molecule has 8 heavy (non-hydrogen) atoms. The second-order valence-corrected chi connectivity index (χ2v) is 1.38. The molecule has 0 aliphatic rings. The van der Waals surface area contributed by atoms with Gasteiger partial charge in [-0.2, -0.15) is 0 Å². The van der Waals surface area contributed by atoms with Crippen molar-refractivity contribution in [1.29, 1.82) is 0 Å². The van der Waals surface area contributed by atoms with E-state index in [9.17, 15) is 0 Å². The van der Waals surface area contributed by atoms with Crippen LogP contribution in [0, 0.1) is 0 Å². The molecule has 0 radical (unpaired) electrons. The van der Waals surface area contributed by atoms with Gasteiger partial charge in [-0.25, -0.2) is 0 Å². The number of rotatable bonds is 3. The predicted molar refractivity (Wildman–Crippen MR) is 35.5 cm³/mol.